The first-order valence-corrected chi connectivity index (χ1v) is 11.7. The highest BCUT2D eigenvalue weighted by molar-refractivity contribution is 6.04. The second kappa shape index (κ2) is 11.5. The molecule has 0 radical (unpaired) electrons. The van der Waals surface area contributed by atoms with Crippen molar-refractivity contribution < 1.29 is 14.3 Å². The van der Waals surface area contributed by atoms with Crippen LogP contribution in [0.4, 0.5) is 17.1 Å². The van der Waals surface area contributed by atoms with Crippen molar-refractivity contribution in [2.75, 3.05) is 44.5 Å². The molecule has 1 atom stereocenters. The topological polar surface area (TPSA) is 99.5 Å². The third-order valence-electron chi connectivity index (χ3n) is 5.66. The van der Waals surface area contributed by atoms with Crippen LogP contribution in [-0.4, -0.2) is 55.7 Å². The number of hydrogen-bond donors (Lipinski definition) is 2. The molecule has 8 nitrogen and oxygen atoms in total. The molecule has 2 heterocycles. The zero-order valence-corrected chi connectivity index (χ0v) is 20.5. The van der Waals surface area contributed by atoms with Crippen LogP contribution in [0.25, 0.3) is 17.0 Å². The molecular formula is C28H29N5O3. The summed E-state index contributed by atoms with van der Waals surface area (Å²) in [5.74, 6) is 0.227. The summed E-state index contributed by atoms with van der Waals surface area (Å²) in [5, 5.41) is 16.8. The molecule has 4 rings (SSSR count). The van der Waals surface area contributed by atoms with E-state index in [4.69, 9.17) is 9.47 Å². The second-order valence-corrected chi connectivity index (χ2v) is 8.74. The van der Waals surface area contributed by atoms with Gasteiger partial charge in [-0.3, -0.25) is 9.78 Å². The van der Waals surface area contributed by atoms with Crippen LogP contribution in [0.15, 0.2) is 61.3 Å². The Hall–Kier alpha value is -4.19. The average molecular weight is 484 g/mol. The van der Waals surface area contributed by atoms with Crippen molar-refractivity contribution in [3.05, 3.63) is 72.5 Å². The van der Waals surface area contributed by atoms with Gasteiger partial charge in [0.2, 0.25) is 5.91 Å². The van der Waals surface area contributed by atoms with Gasteiger partial charge in [-0.2, -0.15) is 5.26 Å². The van der Waals surface area contributed by atoms with Crippen molar-refractivity contribution in [3.63, 3.8) is 0 Å². The number of nitriles is 1. The third-order valence-corrected chi connectivity index (χ3v) is 5.66. The summed E-state index contributed by atoms with van der Waals surface area (Å²) in [6, 6.07) is 13.5. The molecular weight excluding hydrogens is 454 g/mol. The highest BCUT2D eigenvalue weighted by Gasteiger charge is 2.21. The molecule has 1 amide bonds. The van der Waals surface area contributed by atoms with Crippen LogP contribution in [0.1, 0.15) is 17.5 Å². The SMILES string of the molecule is C=Cc1cccc(Nc2c(C#N)cnc3cc(O[C@H]4CCOC4)c(NC(=O)/C=C/CN(C)C)cc23)c1. The van der Waals surface area contributed by atoms with Crippen molar-refractivity contribution in [2.45, 2.75) is 12.5 Å². The van der Waals surface area contributed by atoms with E-state index in [0.717, 1.165) is 17.7 Å². The predicted octanol–water partition coefficient (Wildman–Crippen LogP) is 4.72. The van der Waals surface area contributed by atoms with Crippen LogP contribution in [0.3, 0.4) is 0 Å². The molecule has 3 aromatic rings. The summed E-state index contributed by atoms with van der Waals surface area (Å²) in [7, 11) is 3.86. The Balaban J connectivity index is 1.77. The van der Waals surface area contributed by atoms with Gasteiger partial charge in [-0.15, -0.1) is 0 Å². The van der Waals surface area contributed by atoms with Crippen molar-refractivity contribution in [1.29, 1.82) is 5.26 Å². The van der Waals surface area contributed by atoms with E-state index in [9.17, 15) is 10.1 Å². The van der Waals surface area contributed by atoms with Gasteiger partial charge in [-0.05, 0) is 37.9 Å². The Morgan fingerprint density at radius 1 is 1.36 bits per heavy atom. The normalized spacial score (nSPS) is 15.2. The Labute approximate surface area is 210 Å². The molecule has 0 unspecified atom stereocenters. The quantitative estimate of drug-likeness (QED) is 0.425. The molecule has 1 aliphatic rings. The first-order chi connectivity index (χ1) is 17.5. The monoisotopic (exact) mass is 483 g/mol. The van der Waals surface area contributed by atoms with Crippen molar-refractivity contribution in [2.24, 2.45) is 0 Å². The number of anilines is 3. The standard InChI is InChI=1S/C28H29N5O3/c1-4-19-7-5-8-21(13-19)31-28-20(16-29)17-30-24-15-26(36-22-10-12-35-18-22)25(14-23(24)28)32-27(34)9-6-11-33(2)3/h4-9,13-15,17,22H,1,10-12,18H2,2-3H3,(H,30,31)(H,32,34)/b9-6+/t22-/m0/s1. The molecule has 184 valence electrons. The van der Waals surface area contributed by atoms with E-state index in [0.29, 0.717) is 53.3 Å². The number of nitrogens with one attached hydrogen (secondary N) is 2. The summed E-state index contributed by atoms with van der Waals surface area (Å²) in [4.78, 5) is 19.2. The molecule has 0 saturated carbocycles. The van der Waals surface area contributed by atoms with Crippen molar-refractivity contribution in [1.82, 2.24) is 9.88 Å². The fourth-order valence-corrected chi connectivity index (χ4v) is 3.85. The van der Waals surface area contributed by atoms with Gasteiger partial charge in [0.05, 0.1) is 35.7 Å². The highest BCUT2D eigenvalue weighted by Crippen LogP contribution is 2.37. The second-order valence-electron chi connectivity index (χ2n) is 8.74. The molecule has 1 aromatic heterocycles. The van der Waals surface area contributed by atoms with E-state index in [1.165, 1.54) is 12.3 Å². The van der Waals surface area contributed by atoms with Crippen LogP contribution >= 0.6 is 0 Å². The minimum atomic E-state index is -0.277. The van der Waals surface area contributed by atoms with Gasteiger partial charge in [0, 0.05) is 42.4 Å². The van der Waals surface area contributed by atoms with E-state index in [-0.39, 0.29) is 12.0 Å². The lowest BCUT2D eigenvalue weighted by atomic mass is 10.1. The summed E-state index contributed by atoms with van der Waals surface area (Å²) in [5.41, 5.74) is 3.85. The molecule has 36 heavy (non-hydrogen) atoms. The number of aromatic nitrogens is 1. The van der Waals surface area contributed by atoms with Crippen molar-refractivity contribution >= 4 is 39.9 Å². The van der Waals surface area contributed by atoms with Gasteiger partial charge in [0.1, 0.15) is 17.9 Å². The summed E-state index contributed by atoms with van der Waals surface area (Å²) in [6.45, 7) is 5.58. The summed E-state index contributed by atoms with van der Waals surface area (Å²) >= 11 is 0. The molecule has 0 aliphatic carbocycles. The molecule has 8 heteroatoms. The zero-order valence-electron chi connectivity index (χ0n) is 20.5. The largest absolute Gasteiger partial charge is 0.486 e. The van der Waals surface area contributed by atoms with E-state index in [1.54, 1.807) is 24.3 Å². The molecule has 1 saturated heterocycles. The number of fused-ring (bicyclic) bond motifs is 1. The van der Waals surface area contributed by atoms with E-state index < -0.39 is 0 Å². The van der Waals surface area contributed by atoms with E-state index in [2.05, 4.69) is 28.3 Å². The highest BCUT2D eigenvalue weighted by atomic mass is 16.5. The number of nitrogens with zero attached hydrogens (tertiary/aromatic N) is 3. The summed E-state index contributed by atoms with van der Waals surface area (Å²) in [6.07, 6.45) is 7.23. The number of hydrogen-bond acceptors (Lipinski definition) is 7. The van der Waals surface area contributed by atoms with Gasteiger partial charge >= 0.3 is 0 Å². The maximum Gasteiger partial charge on any atom is 0.248 e. The lowest BCUT2D eigenvalue weighted by Crippen LogP contribution is -2.18. The smallest absolute Gasteiger partial charge is 0.248 e. The van der Waals surface area contributed by atoms with Crippen LogP contribution in [0.5, 0.6) is 5.75 Å². The van der Waals surface area contributed by atoms with Crippen LogP contribution in [0.2, 0.25) is 0 Å². The number of likely N-dealkylation sites (N-methyl/N-ethyl adjacent to an activating group) is 1. The fraction of sp³-hybridized carbons (Fsp3) is 0.250. The number of rotatable bonds is 9. The van der Waals surface area contributed by atoms with Gasteiger partial charge in [0.25, 0.3) is 0 Å². The van der Waals surface area contributed by atoms with Gasteiger partial charge in [-0.1, -0.05) is 30.9 Å². The van der Waals surface area contributed by atoms with Gasteiger partial charge in [0.15, 0.2) is 0 Å². The number of carbonyl (C=O) groups is 1. The number of carbonyl (C=O) groups excluding carboxylic acids is 1. The number of amides is 1. The molecule has 0 spiro atoms. The van der Waals surface area contributed by atoms with Crippen LogP contribution in [0, 0.1) is 11.3 Å². The number of pyridine rings is 1. The first-order valence-electron chi connectivity index (χ1n) is 11.7. The van der Waals surface area contributed by atoms with E-state index in [1.807, 2.05) is 43.3 Å². The maximum atomic E-state index is 12.7. The minimum absolute atomic E-state index is 0.111. The zero-order chi connectivity index (χ0) is 25.5. The minimum Gasteiger partial charge on any atom is -0.486 e. The van der Waals surface area contributed by atoms with Crippen LogP contribution < -0.4 is 15.4 Å². The Bertz CT molecular complexity index is 1340. The Morgan fingerprint density at radius 2 is 2.22 bits per heavy atom. The molecule has 0 bridgehead atoms. The lowest BCUT2D eigenvalue weighted by molar-refractivity contribution is -0.111. The fourth-order valence-electron chi connectivity index (χ4n) is 3.85. The van der Waals surface area contributed by atoms with Crippen molar-refractivity contribution in [3.8, 4) is 11.8 Å². The maximum absolute atomic E-state index is 12.7. The lowest BCUT2D eigenvalue weighted by Gasteiger charge is -2.18. The number of benzene rings is 2. The average Bonchev–Trinajstić information content (AvgIpc) is 3.38. The molecule has 2 N–H and O–H groups in total. The third kappa shape index (κ3) is 6.08. The van der Waals surface area contributed by atoms with Gasteiger partial charge in [-0.25, -0.2) is 0 Å². The first kappa shape index (κ1) is 24.9. The molecule has 1 aliphatic heterocycles. The van der Waals surface area contributed by atoms with E-state index >= 15 is 0 Å². The van der Waals surface area contributed by atoms with Crippen LogP contribution in [-0.2, 0) is 9.53 Å². The molecule has 1 fully saturated rings. The predicted molar refractivity (Wildman–Crippen MR) is 142 cm³/mol. The Kier molecular flexibility index (Phi) is 7.95. The summed E-state index contributed by atoms with van der Waals surface area (Å²) < 4.78 is 11.6. The number of ether oxygens (including phenoxy) is 2. The van der Waals surface area contributed by atoms with Gasteiger partial charge < -0.3 is 25.0 Å². The molecule has 2 aromatic carbocycles. The Morgan fingerprint density at radius 3 is 2.94 bits per heavy atom.